The van der Waals surface area contributed by atoms with Gasteiger partial charge in [-0.05, 0) is 48.8 Å². The Morgan fingerprint density at radius 3 is 2.36 bits per heavy atom. The summed E-state index contributed by atoms with van der Waals surface area (Å²) in [5.74, 6) is -0.326. The van der Waals surface area contributed by atoms with Crippen LogP contribution in [-0.4, -0.2) is 37.4 Å². The van der Waals surface area contributed by atoms with Crippen LogP contribution in [0.15, 0.2) is 53.4 Å². The van der Waals surface area contributed by atoms with E-state index in [0.29, 0.717) is 23.5 Å². The number of halogens is 1. The Bertz CT molecular complexity index is 981. The van der Waals surface area contributed by atoms with Gasteiger partial charge in [0.05, 0.1) is 10.9 Å². The van der Waals surface area contributed by atoms with E-state index in [-0.39, 0.29) is 22.8 Å². The first kappa shape index (κ1) is 19.6. The molecule has 4 rings (SSSR count). The van der Waals surface area contributed by atoms with Crippen molar-refractivity contribution >= 4 is 25.4 Å². The third-order valence-corrected chi connectivity index (χ3v) is 9.09. The van der Waals surface area contributed by atoms with Crippen molar-refractivity contribution in [2.45, 2.75) is 36.0 Å². The van der Waals surface area contributed by atoms with Crippen LogP contribution < -0.4 is 0 Å². The average Bonchev–Trinajstić information content (AvgIpc) is 3.46. The van der Waals surface area contributed by atoms with Crippen LogP contribution in [0, 0.1) is 18.7 Å². The molecule has 0 radical (unpaired) electrons. The van der Waals surface area contributed by atoms with Gasteiger partial charge in [-0.25, -0.2) is 12.8 Å². The Kier molecular flexibility index (Phi) is 5.33. The van der Waals surface area contributed by atoms with Crippen LogP contribution in [0.3, 0.4) is 0 Å². The van der Waals surface area contributed by atoms with E-state index in [1.165, 1.54) is 6.07 Å². The van der Waals surface area contributed by atoms with Gasteiger partial charge in [0.25, 0.3) is 0 Å². The summed E-state index contributed by atoms with van der Waals surface area (Å²) < 4.78 is 39.6. The number of benzene rings is 2. The normalized spacial score (nSPS) is 19.2. The minimum absolute atomic E-state index is 0.00704. The van der Waals surface area contributed by atoms with Gasteiger partial charge in [-0.3, -0.25) is 9.69 Å². The molecule has 1 aliphatic heterocycles. The smallest absolute Gasteiger partial charge is 0.230 e. The van der Waals surface area contributed by atoms with E-state index in [1.54, 1.807) is 42.5 Å². The number of Topliss-reactive ketones (excluding diaryl/α,β-unsaturated/α-hetero) is 1. The summed E-state index contributed by atoms with van der Waals surface area (Å²) in [6, 6.07) is 12.6. The zero-order chi connectivity index (χ0) is 19.9. The number of carbonyl (C=O) groups excluding carboxylic acids is 1. The molecule has 2 fully saturated rings. The Hall–Kier alpha value is -1.70. The maximum Gasteiger partial charge on any atom is 0.230 e. The van der Waals surface area contributed by atoms with Crippen LogP contribution in [0.25, 0.3) is 0 Å². The monoisotopic (exact) mass is 419 g/mol. The second-order valence-corrected chi connectivity index (χ2v) is 11.7. The number of ketones is 1. The standard InChI is InChI=1S/C21H22FNO3S2/c1-14-6-10-17(11-7-14)28(25,26)27-16-12-23(13-16)20(21(24)15-8-9-15)18-4-2-3-5-19(18)22/h2-7,10-11,15-16,20H,8-9,12-13H2,1H3. The van der Waals surface area contributed by atoms with Crippen LogP contribution in [0.4, 0.5) is 4.39 Å². The van der Waals surface area contributed by atoms with Gasteiger partial charge in [-0.15, -0.1) is 0 Å². The van der Waals surface area contributed by atoms with E-state index in [4.69, 9.17) is 0 Å². The number of hydrogen-bond donors (Lipinski definition) is 0. The zero-order valence-corrected chi connectivity index (χ0v) is 17.2. The van der Waals surface area contributed by atoms with Crippen LogP contribution in [0.1, 0.15) is 30.0 Å². The van der Waals surface area contributed by atoms with Gasteiger partial charge in [0, 0.05) is 29.8 Å². The highest BCUT2D eigenvalue weighted by Crippen LogP contribution is 2.42. The second kappa shape index (κ2) is 7.61. The predicted octanol–water partition coefficient (Wildman–Crippen LogP) is 3.96. The van der Waals surface area contributed by atoms with E-state index in [9.17, 15) is 17.6 Å². The van der Waals surface area contributed by atoms with Gasteiger partial charge in [0.15, 0.2) is 5.78 Å². The summed E-state index contributed by atoms with van der Waals surface area (Å²) in [6.07, 6.45) is 1.72. The lowest BCUT2D eigenvalue weighted by atomic mass is 9.95. The first-order valence-corrected chi connectivity index (χ1v) is 12.3. The summed E-state index contributed by atoms with van der Waals surface area (Å²) >= 11 is 0. The molecule has 1 saturated carbocycles. The van der Waals surface area contributed by atoms with Crippen molar-refractivity contribution in [3.05, 3.63) is 65.5 Å². The van der Waals surface area contributed by atoms with Gasteiger partial charge >= 0.3 is 0 Å². The summed E-state index contributed by atoms with van der Waals surface area (Å²) in [6.45, 7) is 2.81. The lowest BCUT2D eigenvalue weighted by Gasteiger charge is -2.43. The minimum atomic E-state index is -3.45. The highest BCUT2D eigenvalue weighted by molar-refractivity contribution is 8.72. The van der Waals surface area contributed by atoms with E-state index in [0.717, 1.165) is 29.2 Å². The van der Waals surface area contributed by atoms with Gasteiger partial charge in [0.2, 0.25) is 8.87 Å². The Labute approximate surface area is 168 Å². The van der Waals surface area contributed by atoms with Gasteiger partial charge in [-0.1, -0.05) is 35.9 Å². The minimum Gasteiger partial charge on any atom is -0.297 e. The summed E-state index contributed by atoms with van der Waals surface area (Å²) in [4.78, 5) is 15.0. The molecule has 0 spiro atoms. The third-order valence-electron chi connectivity index (χ3n) is 5.26. The molecule has 0 N–H and O–H groups in total. The molecule has 0 bridgehead atoms. The first-order valence-electron chi connectivity index (χ1n) is 9.37. The Morgan fingerprint density at radius 2 is 1.75 bits per heavy atom. The molecular formula is C21H22FNO3S2. The van der Waals surface area contributed by atoms with Crippen molar-refractivity contribution in [3.8, 4) is 0 Å². The molecule has 1 atom stereocenters. The lowest BCUT2D eigenvalue weighted by molar-refractivity contribution is -0.127. The third kappa shape index (κ3) is 4.02. The fourth-order valence-corrected chi connectivity index (χ4v) is 7.05. The van der Waals surface area contributed by atoms with Crippen molar-refractivity contribution in [2.75, 3.05) is 13.1 Å². The number of carbonyl (C=O) groups is 1. The topological polar surface area (TPSA) is 54.5 Å². The molecule has 1 heterocycles. The zero-order valence-electron chi connectivity index (χ0n) is 15.5. The highest BCUT2D eigenvalue weighted by atomic mass is 33.1. The van der Waals surface area contributed by atoms with E-state index in [2.05, 4.69) is 0 Å². The molecule has 7 heteroatoms. The molecule has 1 unspecified atom stereocenters. The molecule has 1 aliphatic carbocycles. The molecule has 1 saturated heterocycles. The van der Waals surface area contributed by atoms with Crippen molar-refractivity contribution < 1.29 is 17.6 Å². The van der Waals surface area contributed by atoms with Crippen LogP contribution in [-0.2, 0) is 13.7 Å². The second-order valence-electron chi connectivity index (χ2n) is 7.54. The number of likely N-dealkylation sites (tertiary alicyclic amines) is 1. The van der Waals surface area contributed by atoms with Crippen LogP contribution in [0.2, 0.25) is 0 Å². The van der Waals surface area contributed by atoms with E-state index < -0.39 is 14.9 Å². The molecule has 2 aliphatic rings. The summed E-state index contributed by atoms with van der Waals surface area (Å²) in [5, 5.41) is -0.132. The number of hydrogen-bond acceptors (Lipinski definition) is 5. The van der Waals surface area contributed by atoms with Crippen molar-refractivity contribution in [1.82, 2.24) is 4.90 Å². The SMILES string of the molecule is Cc1ccc(S(=O)(=O)SC2CN(C(C(=O)C3CC3)c3ccccc3F)C2)cc1. The highest BCUT2D eigenvalue weighted by Gasteiger charge is 2.44. The Balaban J connectivity index is 1.47. The molecule has 4 nitrogen and oxygen atoms in total. The average molecular weight is 420 g/mol. The molecule has 28 heavy (non-hydrogen) atoms. The maximum atomic E-state index is 14.3. The van der Waals surface area contributed by atoms with Gasteiger partial charge in [0.1, 0.15) is 5.82 Å². The first-order chi connectivity index (χ1) is 13.3. The summed E-state index contributed by atoms with van der Waals surface area (Å²) in [7, 11) is -2.52. The number of aryl methyl sites for hydroxylation is 1. The van der Waals surface area contributed by atoms with Crippen molar-refractivity contribution in [1.29, 1.82) is 0 Å². The Morgan fingerprint density at radius 1 is 1.11 bits per heavy atom. The van der Waals surface area contributed by atoms with Gasteiger partial charge < -0.3 is 0 Å². The molecular weight excluding hydrogens is 397 g/mol. The molecule has 0 amide bonds. The predicted molar refractivity (Wildman–Crippen MR) is 108 cm³/mol. The lowest BCUT2D eigenvalue weighted by Crippen LogP contribution is -2.53. The van der Waals surface area contributed by atoms with E-state index >= 15 is 0 Å². The molecule has 2 aromatic carbocycles. The van der Waals surface area contributed by atoms with Crippen LogP contribution >= 0.6 is 10.8 Å². The van der Waals surface area contributed by atoms with Gasteiger partial charge in [-0.2, -0.15) is 0 Å². The quantitative estimate of drug-likeness (QED) is 0.636. The molecule has 2 aromatic rings. The fourth-order valence-electron chi connectivity index (χ4n) is 3.50. The fraction of sp³-hybridized carbons (Fsp3) is 0.381. The maximum absolute atomic E-state index is 14.3. The van der Waals surface area contributed by atoms with Crippen molar-refractivity contribution in [2.24, 2.45) is 5.92 Å². The van der Waals surface area contributed by atoms with Crippen LogP contribution in [0.5, 0.6) is 0 Å². The van der Waals surface area contributed by atoms with Crippen molar-refractivity contribution in [3.63, 3.8) is 0 Å². The molecule has 0 aromatic heterocycles. The molecule has 148 valence electrons. The number of rotatable bonds is 7. The number of nitrogens with zero attached hydrogens (tertiary/aromatic N) is 1. The summed E-state index contributed by atoms with van der Waals surface area (Å²) in [5.41, 5.74) is 1.40. The largest absolute Gasteiger partial charge is 0.297 e. The van der Waals surface area contributed by atoms with E-state index in [1.807, 2.05) is 11.8 Å².